The van der Waals surface area contributed by atoms with Crippen LogP contribution in [0.5, 0.6) is 0 Å². The molecule has 1 aliphatic rings. The highest BCUT2D eigenvalue weighted by Gasteiger charge is 2.31. The minimum absolute atomic E-state index is 0.0155. The molecule has 0 aromatic heterocycles. The standard InChI is InChI=1S/C16H23Cl2FN2/c1-3-4-11(2)16(21-9-7-20-8-10-21)14-12(17)5-6-13(18)15(14)19/h5-6,11,16,20H,3-4,7-10H2,1-2H3/t11?,16-/m0/s1. The maximum Gasteiger partial charge on any atom is 0.148 e. The maximum absolute atomic E-state index is 14.6. The molecule has 0 radical (unpaired) electrons. The number of hydrogen-bond acceptors (Lipinski definition) is 2. The van der Waals surface area contributed by atoms with Gasteiger partial charge in [0.25, 0.3) is 0 Å². The van der Waals surface area contributed by atoms with Gasteiger partial charge < -0.3 is 5.32 Å². The molecular formula is C16H23Cl2FN2. The third kappa shape index (κ3) is 3.89. The number of benzene rings is 1. The van der Waals surface area contributed by atoms with Gasteiger partial charge in [0.15, 0.2) is 0 Å². The van der Waals surface area contributed by atoms with E-state index in [1.165, 1.54) is 6.07 Å². The molecule has 0 spiro atoms. The summed E-state index contributed by atoms with van der Waals surface area (Å²) in [5, 5.41) is 3.96. The Balaban J connectivity index is 2.41. The first-order chi connectivity index (χ1) is 10.1. The fourth-order valence-electron chi connectivity index (χ4n) is 3.21. The van der Waals surface area contributed by atoms with Crippen LogP contribution in [-0.2, 0) is 0 Å². The summed E-state index contributed by atoms with van der Waals surface area (Å²) in [5.74, 6) is -0.0331. The van der Waals surface area contributed by atoms with Crippen LogP contribution in [0.1, 0.15) is 38.3 Å². The van der Waals surface area contributed by atoms with Gasteiger partial charge in [0, 0.05) is 42.8 Å². The van der Waals surface area contributed by atoms with Gasteiger partial charge in [0.1, 0.15) is 5.82 Å². The second-order valence-corrected chi connectivity index (χ2v) is 6.57. The molecule has 0 bridgehead atoms. The van der Waals surface area contributed by atoms with Gasteiger partial charge in [-0.05, 0) is 24.5 Å². The predicted octanol–water partition coefficient (Wildman–Crippen LogP) is 4.52. The molecule has 0 saturated carbocycles. The fraction of sp³-hybridized carbons (Fsp3) is 0.625. The minimum Gasteiger partial charge on any atom is -0.314 e. The summed E-state index contributed by atoms with van der Waals surface area (Å²) in [5.41, 5.74) is 0.562. The largest absolute Gasteiger partial charge is 0.314 e. The highest BCUT2D eigenvalue weighted by Crippen LogP contribution is 2.39. The Morgan fingerprint density at radius 3 is 2.48 bits per heavy atom. The second-order valence-electron chi connectivity index (χ2n) is 5.75. The average Bonchev–Trinajstić information content (AvgIpc) is 2.48. The molecule has 1 saturated heterocycles. The Labute approximate surface area is 136 Å². The van der Waals surface area contributed by atoms with E-state index < -0.39 is 0 Å². The van der Waals surface area contributed by atoms with E-state index in [1.54, 1.807) is 6.07 Å². The Bertz CT molecular complexity index is 476. The third-order valence-electron chi connectivity index (χ3n) is 4.20. The summed E-state index contributed by atoms with van der Waals surface area (Å²) in [7, 11) is 0. The first-order valence-electron chi connectivity index (χ1n) is 7.64. The molecule has 2 nitrogen and oxygen atoms in total. The summed E-state index contributed by atoms with van der Waals surface area (Å²) in [4.78, 5) is 2.33. The zero-order valence-electron chi connectivity index (χ0n) is 12.6. The number of nitrogens with zero attached hydrogens (tertiary/aromatic N) is 1. The first-order valence-corrected chi connectivity index (χ1v) is 8.40. The van der Waals surface area contributed by atoms with Crippen LogP contribution in [0.15, 0.2) is 12.1 Å². The van der Waals surface area contributed by atoms with Gasteiger partial charge >= 0.3 is 0 Å². The number of hydrogen-bond donors (Lipinski definition) is 1. The van der Waals surface area contributed by atoms with Crippen LogP contribution < -0.4 is 5.32 Å². The van der Waals surface area contributed by atoms with Crippen molar-refractivity contribution in [3.63, 3.8) is 0 Å². The lowest BCUT2D eigenvalue weighted by Crippen LogP contribution is -2.47. The van der Waals surface area contributed by atoms with E-state index in [2.05, 4.69) is 24.1 Å². The Morgan fingerprint density at radius 1 is 1.24 bits per heavy atom. The van der Waals surface area contributed by atoms with Gasteiger partial charge in [0.2, 0.25) is 0 Å². The van der Waals surface area contributed by atoms with E-state index in [0.717, 1.165) is 39.0 Å². The molecule has 0 amide bonds. The molecular weight excluding hydrogens is 310 g/mol. The topological polar surface area (TPSA) is 15.3 Å². The van der Waals surface area contributed by atoms with Gasteiger partial charge in [-0.1, -0.05) is 43.5 Å². The summed E-state index contributed by atoms with van der Waals surface area (Å²) < 4.78 is 14.6. The van der Waals surface area contributed by atoms with E-state index >= 15 is 0 Å². The summed E-state index contributed by atoms with van der Waals surface area (Å²) >= 11 is 12.3. The van der Waals surface area contributed by atoms with Crippen molar-refractivity contribution in [1.82, 2.24) is 10.2 Å². The molecule has 21 heavy (non-hydrogen) atoms. The molecule has 2 atom stereocenters. The minimum atomic E-state index is -0.365. The Hall–Kier alpha value is -0.350. The number of rotatable bonds is 5. The van der Waals surface area contributed by atoms with Crippen LogP contribution in [0.4, 0.5) is 4.39 Å². The van der Waals surface area contributed by atoms with Gasteiger partial charge in [-0.3, -0.25) is 4.90 Å². The molecule has 1 aromatic carbocycles. The monoisotopic (exact) mass is 332 g/mol. The van der Waals surface area contributed by atoms with E-state index in [-0.39, 0.29) is 16.9 Å². The van der Waals surface area contributed by atoms with Crippen molar-refractivity contribution in [1.29, 1.82) is 0 Å². The van der Waals surface area contributed by atoms with Crippen LogP contribution in [0.3, 0.4) is 0 Å². The molecule has 118 valence electrons. The van der Waals surface area contributed by atoms with Crippen molar-refractivity contribution in [3.8, 4) is 0 Å². The fourth-order valence-corrected chi connectivity index (χ4v) is 3.64. The smallest absolute Gasteiger partial charge is 0.148 e. The molecule has 1 fully saturated rings. The molecule has 0 aliphatic carbocycles. The number of piperazine rings is 1. The van der Waals surface area contributed by atoms with Gasteiger partial charge in [-0.25, -0.2) is 4.39 Å². The second kappa shape index (κ2) is 7.77. The normalized spacial score (nSPS) is 19.5. The van der Waals surface area contributed by atoms with Crippen molar-refractivity contribution in [2.45, 2.75) is 32.7 Å². The van der Waals surface area contributed by atoms with E-state index in [0.29, 0.717) is 16.5 Å². The van der Waals surface area contributed by atoms with Crippen LogP contribution in [0, 0.1) is 11.7 Å². The maximum atomic E-state index is 14.6. The van der Waals surface area contributed by atoms with Gasteiger partial charge in [-0.2, -0.15) is 0 Å². The summed E-state index contributed by atoms with van der Waals surface area (Å²) in [6.45, 7) is 7.99. The third-order valence-corrected chi connectivity index (χ3v) is 4.82. The summed E-state index contributed by atoms with van der Waals surface area (Å²) in [6.07, 6.45) is 2.11. The van der Waals surface area contributed by atoms with E-state index in [9.17, 15) is 4.39 Å². The highest BCUT2D eigenvalue weighted by molar-refractivity contribution is 6.33. The lowest BCUT2D eigenvalue weighted by atomic mass is 9.88. The van der Waals surface area contributed by atoms with Crippen LogP contribution >= 0.6 is 23.2 Å². The molecule has 1 aromatic rings. The predicted molar refractivity (Wildman–Crippen MR) is 87.7 cm³/mol. The van der Waals surface area contributed by atoms with Crippen molar-refractivity contribution in [2.24, 2.45) is 5.92 Å². The number of halogens is 3. The SMILES string of the molecule is CCCC(C)[C@@H](c1c(Cl)ccc(Cl)c1F)N1CCNCC1. The zero-order valence-corrected chi connectivity index (χ0v) is 14.1. The van der Waals surface area contributed by atoms with Crippen molar-refractivity contribution in [2.75, 3.05) is 26.2 Å². The Morgan fingerprint density at radius 2 is 1.86 bits per heavy atom. The Kier molecular flexibility index (Phi) is 6.30. The summed E-state index contributed by atoms with van der Waals surface area (Å²) in [6, 6.07) is 3.22. The molecule has 1 N–H and O–H groups in total. The molecule has 5 heteroatoms. The lowest BCUT2D eigenvalue weighted by molar-refractivity contribution is 0.123. The molecule has 2 rings (SSSR count). The molecule has 1 heterocycles. The van der Waals surface area contributed by atoms with Crippen molar-refractivity contribution >= 4 is 23.2 Å². The van der Waals surface area contributed by atoms with Gasteiger partial charge in [0.05, 0.1) is 5.02 Å². The first kappa shape index (κ1) is 17.0. The zero-order chi connectivity index (χ0) is 15.4. The quantitative estimate of drug-likeness (QED) is 0.797. The van der Waals surface area contributed by atoms with Gasteiger partial charge in [-0.15, -0.1) is 0 Å². The van der Waals surface area contributed by atoms with Crippen LogP contribution in [0.2, 0.25) is 10.0 Å². The highest BCUT2D eigenvalue weighted by atomic mass is 35.5. The van der Waals surface area contributed by atoms with Crippen molar-refractivity contribution < 1.29 is 4.39 Å². The van der Waals surface area contributed by atoms with Crippen LogP contribution in [-0.4, -0.2) is 31.1 Å². The van der Waals surface area contributed by atoms with E-state index in [4.69, 9.17) is 23.2 Å². The van der Waals surface area contributed by atoms with Crippen LogP contribution in [0.25, 0.3) is 0 Å². The van der Waals surface area contributed by atoms with Crippen molar-refractivity contribution in [3.05, 3.63) is 33.6 Å². The number of nitrogens with one attached hydrogen (secondary N) is 1. The lowest BCUT2D eigenvalue weighted by Gasteiger charge is -2.39. The molecule has 1 unspecified atom stereocenters. The van der Waals surface area contributed by atoms with E-state index in [1.807, 2.05) is 0 Å². The average molecular weight is 333 g/mol. The molecule has 1 aliphatic heterocycles.